The molecular formula is C22H21FN6O2. The molecule has 0 saturated carbocycles. The number of carbonyl (C=O) groups excluding carboxylic acids is 1. The quantitative estimate of drug-likeness (QED) is 0.527. The van der Waals surface area contributed by atoms with Crippen molar-refractivity contribution in [1.29, 1.82) is 0 Å². The Morgan fingerprint density at radius 3 is 2.74 bits per heavy atom. The van der Waals surface area contributed by atoms with Crippen molar-refractivity contribution < 1.29 is 13.9 Å². The van der Waals surface area contributed by atoms with E-state index in [1.165, 1.54) is 16.9 Å². The number of aromatic nitrogens is 4. The fraction of sp³-hybridized carbons (Fsp3) is 0.273. The molecule has 31 heavy (non-hydrogen) atoms. The average Bonchev–Trinajstić information content (AvgIpc) is 3.15. The van der Waals surface area contributed by atoms with Gasteiger partial charge in [-0.1, -0.05) is 0 Å². The Balaban J connectivity index is 1.46. The number of carbonyl (C=O) groups is 1. The van der Waals surface area contributed by atoms with Gasteiger partial charge in [0.15, 0.2) is 5.82 Å². The molecule has 1 aliphatic heterocycles. The summed E-state index contributed by atoms with van der Waals surface area (Å²) in [6, 6.07) is 6.36. The van der Waals surface area contributed by atoms with E-state index >= 15 is 0 Å². The van der Waals surface area contributed by atoms with Gasteiger partial charge in [0.25, 0.3) is 5.91 Å². The van der Waals surface area contributed by atoms with E-state index in [1.54, 1.807) is 37.6 Å². The second-order valence-electron chi connectivity index (χ2n) is 7.58. The normalized spacial score (nSPS) is 14.8. The average molecular weight is 420 g/mol. The van der Waals surface area contributed by atoms with Crippen LogP contribution < -0.4 is 15.4 Å². The Bertz CT molecular complexity index is 1280. The number of benzene rings is 2. The summed E-state index contributed by atoms with van der Waals surface area (Å²) in [4.78, 5) is 21.8. The highest BCUT2D eigenvalue weighted by Gasteiger charge is 2.20. The van der Waals surface area contributed by atoms with Crippen molar-refractivity contribution >= 4 is 33.5 Å². The van der Waals surface area contributed by atoms with Crippen LogP contribution in [0.1, 0.15) is 23.2 Å². The molecule has 2 aromatic carbocycles. The molecule has 0 radical (unpaired) electrons. The molecule has 158 valence electrons. The fourth-order valence-corrected chi connectivity index (χ4v) is 3.89. The lowest BCUT2D eigenvalue weighted by Gasteiger charge is -2.24. The Labute approximate surface area is 177 Å². The minimum absolute atomic E-state index is 0.0975. The van der Waals surface area contributed by atoms with Crippen LogP contribution in [-0.4, -0.2) is 44.8 Å². The molecule has 0 unspecified atom stereocenters. The number of piperidine rings is 1. The van der Waals surface area contributed by atoms with Crippen LogP contribution >= 0.6 is 0 Å². The second-order valence-corrected chi connectivity index (χ2v) is 7.58. The number of fused-ring (bicyclic) bond motifs is 2. The van der Waals surface area contributed by atoms with Gasteiger partial charge in [-0.25, -0.2) is 9.37 Å². The molecule has 1 fully saturated rings. The fourth-order valence-electron chi connectivity index (χ4n) is 3.89. The van der Waals surface area contributed by atoms with Gasteiger partial charge in [0, 0.05) is 36.7 Å². The maximum absolute atomic E-state index is 14.4. The zero-order valence-electron chi connectivity index (χ0n) is 16.9. The van der Waals surface area contributed by atoms with E-state index in [1.807, 2.05) is 0 Å². The lowest BCUT2D eigenvalue weighted by molar-refractivity contribution is 0.102. The summed E-state index contributed by atoms with van der Waals surface area (Å²) in [6.07, 6.45) is 6.72. The molecule has 1 amide bonds. The number of ether oxygens (including phenoxy) is 1. The predicted molar refractivity (Wildman–Crippen MR) is 115 cm³/mol. The third-order valence-electron chi connectivity index (χ3n) is 5.35. The SMILES string of the molecule is Cn1cc2cc(NC(=O)c3ccc(OC4CCNCC4)c4nccnc34)cc(F)c2n1. The van der Waals surface area contributed by atoms with Crippen molar-refractivity contribution in [2.24, 2.45) is 7.05 Å². The molecule has 0 bridgehead atoms. The highest BCUT2D eigenvalue weighted by Crippen LogP contribution is 2.28. The maximum Gasteiger partial charge on any atom is 0.257 e. The van der Waals surface area contributed by atoms with Crippen molar-refractivity contribution in [1.82, 2.24) is 25.1 Å². The number of halogens is 1. The van der Waals surface area contributed by atoms with Gasteiger partial charge in [-0.15, -0.1) is 0 Å². The zero-order chi connectivity index (χ0) is 21.4. The Hall–Kier alpha value is -3.59. The Morgan fingerprint density at radius 2 is 1.94 bits per heavy atom. The summed E-state index contributed by atoms with van der Waals surface area (Å²) in [5.41, 5.74) is 1.91. The number of nitrogens with one attached hydrogen (secondary N) is 2. The van der Waals surface area contributed by atoms with E-state index in [0.29, 0.717) is 33.4 Å². The van der Waals surface area contributed by atoms with Gasteiger partial charge in [-0.2, -0.15) is 5.10 Å². The molecule has 0 atom stereocenters. The van der Waals surface area contributed by atoms with Crippen LogP contribution in [0.4, 0.5) is 10.1 Å². The first-order valence-corrected chi connectivity index (χ1v) is 10.1. The Kier molecular flexibility index (Phi) is 4.95. The molecule has 4 aromatic rings. The summed E-state index contributed by atoms with van der Waals surface area (Å²) in [6.45, 7) is 1.82. The van der Waals surface area contributed by atoms with Crippen molar-refractivity contribution in [3.05, 3.63) is 54.2 Å². The third-order valence-corrected chi connectivity index (χ3v) is 5.35. The van der Waals surface area contributed by atoms with Gasteiger partial charge < -0.3 is 15.4 Å². The van der Waals surface area contributed by atoms with E-state index in [2.05, 4.69) is 25.7 Å². The van der Waals surface area contributed by atoms with E-state index in [4.69, 9.17) is 4.74 Å². The summed E-state index contributed by atoms with van der Waals surface area (Å²) < 4.78 is 22.1. The van der Waals surface area contributed by atoms with Crippen LogP contribution in [0.25, 0.3) is 21.9 Å². The van der Waals surface area contributed by atoms with Crippen LogP contribution in [0.5, 0.6) is 5.75 Å². The number of hydrogen-bond acceptors (Lipinski definition) is 6. The van der Waals surface area contributed by atoms with E-state index in [0.717, 1.165) is 25.9 Å². The molecule has 0 spiro atoms. The molecule has 1 aliphatic rings. The van der Waals surface area contributed by atoms with Gasteiger partial charge >= 0.3 is 0 Å². The summed E-state index contributed by atoms with van der Waals surface area (Å²) in [7, 11) is 1.72. The highest BCUT2D eigenvalue weighted by molar-refractivity contribution is 6.12. The van der Waals surface area contributed by atoms with Crippen molar-refractivity contribution in [3.8, 4) is 5.75 Å². The summed E-state index contributed by atoms with van der Waals surface area (Å²) in [5, 5.41) is 10.8. The van der Waals surface area contributed by atoms with Crippen LogP contribution in [0.3, 0.4) is 0 Å². The largest absolute Gasteiger partial charge is 0.488 e. The van der Waals surface area contributed by atoms with Gasteiger partial charge in [-0.05, 0) is 50.2 Å². The second kappa shape index (κ2) is 7.92. The standard InChI is InChI=1S/C22H21FN6O2/c1-29-12-13-10-14(11-17(23)19(13)28-29)27-22(30)16-2-3-18(21-20(16)25-8-9-26-21)31-15-4-6-24-7-5-15/h2-3,8-12,15,24H,4-7H2,1H3,(H,27,30). The van der Waals surface area contributed by atoms with E-state index in [-0.39, 0.29) is 11.6 Å². The van der Waals surface area contributed by atoms with E-state index in [9.17, 15) is 9.18 Å². The number of hydrogen-bond donors (Lipinski definition) is 2. The summed E-state index contributed by atoms with van der Waals surface area (Å²) >= 11 is 0. The molecule has 9 heteroatoms. The first-order chi connectivity index (χ1) is 15.1. The van der Waals surface area contributed by atoms with Gasteiger partial charge in [0.05, 0.1) is 5.56 Å². The minimum atomic E-state index is -0.497. The molecule has 0 aliphatic carbocycles. The van der Waals surface area contributed by atoms with Crippen molar-refractivity contribution in [3.63, 3.8) is 0 Å². The molecule has 1 saturated heterocycles. The Morgan fingerprint density at radius 1 is 1.16 bits per heavy atom. The van der Waals surface area contributed by atoms with E-state index < -0.39 is 11.7 Å². The lowest BCUT2D eigenvalue weighted by Crippen LogP contribution is -2.34. The van der Waals surface area contributed by atoms with Crippen LogP contribution in [0.2, 0.25) is 0 Å². The van der Waals surface area contributed by atoms with Crippen LogP contribution in [0.15, 0.2) is 42.9 Å². The monoisotopic (exact) mass is 420 g/mol. The topological polar surface area (TPSA) is 94.0 Å². The van der Waals surface area contributed by atoms with Gasteiger partial charge in [0.1, 0.15) is 28.4 Å². The number of nitrogens with zero attached hydrogens (tertiary/aromatic N) is 4. The zero-order valence-corrected chi connectivity index (χ0v) is 16.9. The molecule has 8 nitrogen and oxygen atoms in total. The third kappa shape index (κ3) is 3.79. The molecular weight excluding hydrogens is 399 g/mol. The molecule has 5 rings (SSSR count). The summed E-state index contributed by atoms with van der Waals surface area (Å²) in [5.74, 6) is -0.292. The minimum Gasteiger partial charge on any atom is -0.488 e. The van der Waals surface area contributed by atoms with Gasteiger partial charge in [0.2, 0.25) is 0 Å². The van der Waals surface area contributed by atoms with Crippen molar-refractivity contribution in [2.75, 3.05) is 18.4 Å². The highest BCUT2D eigenvalue weighted by atomic mass is 19.1. The number of amides is 1. The van der Waals surface area contributed by atoms with Crippen molar-refractivity contribution in [2.45, 2.75) is 18.9 Å². The first kappa shape index (κ1) is 19.4. The first-order valence-electron chi connectivity index (χ1n) is 10.1. The maximum atomic E-state index is 14.4. The van der Waals surface area contributed by atoms with Crippen LogP contribution in [0, 0.1) is 5.82 Å². The number of rotatable bonds is 4. The number of anilines is 1. The van der Waals surface area contributed by atoms with Crippen LogP contribution in [-0.2, 0) is 7.05 Å². The smallest absolute Gasteiger partial charge is 0.257 e. The predicted octanol–water partition coefficient (Wildman–Crippen LogP) is 3.04. The van der Waals surface area contributed by atoms with Gasteiger partial charge in [-0.3, -0.25) is 14.5 Å². The molecule has 2 N–H and O–H groups in total. The molecule has 3 heterocycles. The number of aryl methyl sites for hydroxylation is 1. The molecule has 2 aromatic heterocycles. The lowest BCUT2D eigenvalue weighted by atomic mass is 10.1.